The molecule has 1 atom stereocenters. The molecule has 0 aromatic heterocycles. The van der Waals surface area contributed by atoms with Gasteiger partial charge >= 0.3 is 0 Å². The van der Waals surface area contributed by atoms with E-state index < -0.39 is 5.72 Å². The van der Waals surface area contributed by atoms with Gasteiger partial charge in [-0.15, -0.1) is 0 Å². The molecule has 3 rings (SSSR count). The lowest BCUT2D eigenvalue weighted by atomic mass is 9.72. The van der Waals surface area contributed by atoms with Crippen molar-refractivity contribution >= 4 is 11.8 Å². The number of likely N-dealkylation sites (N-methyl/N-ethyl adjacent to an activating group) is 1. The van der Waals surface area contributed by atoms with Crippen molar-refractivity contribution in [2.75, 3.05) is 12.8 Å². The normalized spacial score (nSPS) is 29.5. The van der Waals surface area contributed by atoms with Crippen LogP contribution in [0, 0.1) is 12.3 Å². The zero-order valence-electron chi connectivity index (χ0n) is 15.1. The van der Waals surface area contributed by atoms with Gasteiger partial charge in [-0.3, -0.25) is 0 Å². The van der Waals surface area contributed by atoms with Gasteiger partial charge in [-0.05, 0) is 63.6 Å². The largest absolute Gasteiger partial charge is 0.463 e. The lowest BCUT2D eigenvalue weighted by molar-refractivity contribution is -0.0790. The molecule has 2 aliphatic heterocycles. The van der Waals surface area contributed by atoms with Crippen LogP contribution in [0.5, 0.6) is 5.75 Å². The summed E-state index contributed by atoms with van der Waals surface area (Å²) in [4.78, 5) is 2.15. The molecule has 2 N–H and O–H groups in total. The topological polar surface area (TPSA) is 38.5 Å². The molecule has 1 spiro atoms. The van der Waals surface area contributed by atoms with Crippen molar-refractivity contribution in [3.05, 3.63) is 65.4 Å². The third-order valence-electron chi connectivity index (χ3n) is 5.36. The summed E-state index contributed by atoms with van der Waals surface area (Å²) in [5, 5.41) is 0. The van der Waals surface area contributed by atoms with Crippen molar-refractivity contribution in [3.8, 4) is 5.75 Å². The van der Waals surface area contributed by atoms with Gasteiger partial charge < -0.3 is 15.4 Å². The van der Waals surface area contributed by atoms with Gasteiger partial charge in [0.1, 0.15) is 5.75 Å². The molecular formula is C21H26N2O. The van der Waals surface area contributed by atoms with Crippen molar-refractivity contribution < 1.29 is 4.74 Å². The van der Waals surface area contributed by atoms with E-state index in [1.165, 1.54) is 5.57 Å². The summed E-state index contributed by atoms with van der Waals surface area (Å²) in [5.74, 6) is 0.903. The molecule has 0 radical (unpaired) electrons. The fourth-order valence-corrected chi connectivity index (χ4v) is 3.50. The van der Waals surface area contributed by atoms with Crippen LogP contribution < -0.4 is 10.5 Å². The second kappa shape index (κ2) is 5.59. The van der Waals surface area contributed by atoms with Gasteiger partial charge in [0.15, 0.2) is 0 Å². The Morgan fingerprint density at radius 1 is 1.08 bits per heavy atom. The average Bonchev–Trinajstić information content (AvgIpc) is 2.55. The summed E-state index contributed by atoms with van der Waals surface area (Å²) in [5.41, 5.74) is 9.26. The molecule has 0 bridgehead atoms. The summed E-state index contributed by atoms with van der Waals surface area (Å²) in [6.45, 7) is 8.66. The smallest absolute Gasteiger partial charge is 0.211 e. The summed E-state index contributed by atoms with van der Waals surface area (Å²) < 4.78 is 6.70. The van der Waals surface area contributed by atoms with Gasteiger partial charge in [-0.1, -0.05) is 23.8 Å². The van der Waals surface area contributed by atoms with Crippen LogP contribution in [0.25, 0.3) is 6.08 Å². The monoisotopic (exact) mass is 322 g/mol. The zero-order chi connectivity index (χ0) is 17.5. The molecule has 126 valence electrons. The molecular weight excluding hydrogens is 296 g/mol. The fraction of sp³-hybridized carbons (Fsp3) is 0.333. The number of nitrogens with zero attached hydrogens (tertiary/aromatic N) is 1. The highest BCUT2D eigenvalue weighted by atomic mass is 16.5. The number of aryl methyl sites for hydroxylation is 1. The minimum absolute atomic E-state index is 0.233. The number of rotatable bonds is 0. The minimum Gasteiger partial charge on any atom is -0.463 e. The molecule has 0 fully saturated rings. The van der Waals surface area contributed by atoms with Gasteiger partial charge in [0.2, 0.25) is 5.72 Å². The van der Waals surface area contributed by atoms with Crippen molar-refractivity contribution in [3.63, 3.8) is 0 Å². The summed E-state index contributed by atoms with van der Waals surface area (Å²) in [6.07, 6.45) is 14.7. The van der Waals surface area contributed by atoms with Gasteiger partial charge in [0.05, 0.1) is 0 Å². The summed E-state index contributed by atoms with van der Waals surface area (Å²) >= 11 is 0. The highest BCUT2D eigenvalue weighted by Crippen LogP contribution is 2.48. The van der Waals surface area contributed by atoms with E-state index in [0.717, 1.165) is 22.6 Å². The number of hydrogen-bond donors (Lipinski definition) is 1. The van der Waals surface area contributed by atoms with E-state index in [0.29, 0.717) is 0 Å². The van der Waals surface area contributed by atoms with Gasteiger partial charge in [0, 0.05) is 29.9 Å². The van der Waals surface area contributed by atoms with E-state index in [2.05, 4.69) is 63.2 Å². The number of fused-ring (bicyclic) bond motifs is 1. The van der Waals surface area contributed by atoms with E-state index >= 15 is 0 Å². The Balaban J connectivity index is 2.21. The van der Waals surface area contributed by atoms with Crippen LogP contribution in [0.15, 0.2) is 54.3 Å². The Labute approximate surface area is 144 Å². The van der Waals surface area contributed by atoms with E-state index in [-0.39, 0.29) is 5.41 Å². The third-order valence-corrected chi connectivity index (χ3v) is 5.36. The van der Waals surface area contributed by atoms with Crippen LogP contribution in [0.1, 0.15) is 31.9 Å². The molecule has 1 unspecified atom stereocenters. The van der Waals surface area contributed by atoms with Crippen LogP contribution in [0.4, 0.5) is 5.69 Å². The maximum absolute atomic E-state index is 6.70. The van der Waals surface area contributed by atoms with E-state index in [1.807, 2.05) is 31.2 Å². The molecule has 0 saturated heterocycles. The molecule has 0 saturated carbocycles. The first kappa shape index (κ1) is 16.4. The first-order chi connectivity index (χ1) is 11.3. The second-order valence-electron chi connectivity index (χ2n) is 7.20. The first-order valence-corrected chi connectivity index (χ1v) is 8.31. The molecule has 24 heavy (non-hydrogen) atoms. The van der Waals surface area contributed by atoms with E-state index in [4.69, 9.17) is 10.5 Å². The van der Waals surface area contributed by atoms with Crippen molar-refractivity contribution in [2.24, 2.45) is 5.41 Å². The number of hydrogen-bond acceptors (Lipinski definition) is 3. The predicted molar refractivity (Wildman–Crippen MR) is 102 cm³/mol. The van der Waals surface area contributed by atoms with Crippen LogP contribution in [0.2, 0.25) is 0 Å². The number of nitrogens with two attached hydrogens (primary N) is 1. The van der Waals surface area contributed by atoms with Crippen LogP contribution in [0.3, 0.4) is 0 Å². The molecule has 3 nitrogen and oxygen atoms in total. The summed E-state index contributed by atoms with van der Waals surface area (Å²) in [7, 11) is 2.06. The zero-order valence-corrected chi connectivity index (χ0v) is 15.1. The average molecular weight is 322 g/mol. The molecule has 0 aliphatic carbocycles. The van der Waals surface area contributed by atoms with E-state index in [9.17, 15) is 0 Å². The Morgan fingerprint density at radius 2 is 1.83 bits per heavy atom. The highest BCUT2D eigenvalue weighted by molar-refractivity contribution is 5.68. The van der Waals surface area contributed by atoms with Gasteiger partial charge in [-0.2, -0.15) is 0 Å². The Kier molecular flexibility index (Phi) is 3.83. The third kappa shape index (κ3) is 2.35. The number of anilines is 1. The minimum atomic E-state index is -0.607. The Bertz CT molecular complexity index is 783. The van der Waals surface area contributed by atoms with Crippen molar-refractivity contribution in [1.29, 1.82) is 0 Å². The van der Waals surface area contributed by atoms with Gasteiger partial charge in [-0.25, -0.2) is 0 Å². The lowest BCUT2D eigenvalue weighted by Gasteiger charge is -2.51. The predicted octanol–water partition coefficient (Wildman–Crippen LogP) is 4.67. The van der Waals surface area contributed by atoms with Crippen LogP contribution >= 0.6 is 0 Å². The Hall–Kier alpha value is -2.42. The maximum atomic E-state index is 6.70. The highest BCUT2D eigenvalue weighted by Gasteiger charge is 2.51. The molecule has 1 aromatic carbocycles. The number of allylic oxidation sites excluding steroid dienone is 4. The number of benzene rings is 1. The lowest BCUT2D eigenvalue weighted by Crippen LogP contribution is -2.59. The van der Waals surface area contributed by atoms with Gasteiger partial charge in [0.25, 0.3) is 0 Å². The van der Waals surface area contributed by atoms with Crippen molar-refractivity contribution in [1.82, 2.24) is 4.90 Å². The second-order valence-corrected chi connectivity index (χ2v) is 7.20. The SMILES string of the molecule is C\C1=C/C=C\C=C\N(C)C2(C=Cc3cc(N)cc(C)c3O2)C1(C)C. The molecule has 3 heteroatoms. The number of nitrogen functional groups attached to an aromatic ring is 1. The Morgan fingerprint density at radius 3 is 2.58 bits per heavy atom. The molecule has 2 aliphatic rings. The van der Waals surface area contributed by atoms with Crippen LogP contribution in [-0.2, 0) is 0 Å². The molecule has 1 aromatic rings. The quantitative estimate of drug-likeness (QED) is 0.706. The maximum Gasteiger partial charge on any atom is 0.211 e. The molecule has 2 heterocycles. The van der Waals surface area contributed by atoms with E-state index in [1.54, 1.807) is 0 Å². The van der Waals surface area contributed by atoms with Crippen molar-refractivity contribution in [2.45, 2.75) is 33.4 Å². The number of ether oxygens (including phenoxy) is 1. The fourth-order valence-electron chi connectivity index (χ4n) is 3.50. The standard InChI is InChI=1S/C21H26N2O/c1-15-13-18(22)14-17-10-11-21(24-19(15)17)20(3,4)16(2)9-7-6-8-12-23(21)5/h6-14H,22H2,1-5H3/b7-6-,12-8+,16-9+. The molecule has 0 amide bonds. The summed E-state index contributed by atoms with van der Waals surface area (Å²) in [6, 6.07) is 3.93. The first-order valence-electron chi connectivity index (χ1n) is 8.31. The van der Waals surface area contributed by atoms with Crippen LogP contribution in [-0.4, -0.2) is 17.7 Å².